The van der Waals surface area contributed by atoms with E-state index in [0.29, 0.717) is 21.5 Å². The molecule has 7 heteroatoms. The van der Waals surface area contributed by atoms with Crippen LogP contribution in [0.3, 0.4) is 0 Å². The van der Waals surface area contributed by atoms with E-state index in [4.69, 9.17) is 14.2 Å². The predicted molar refractivity (Wildman–Crippen MR) is 76.2 cm³/mol. The Balaban J connectivity index is 2.83. The molecule has 0 aromatic heterocycles. The van der Waals surface area contributed by atoms with Crippen LogP contribution in [0.4, 0.5) is 0 Å². The summed E-state index contributed by atoms with van der Waals surface area (Å²) in [5, 5.41) is 2.47. The molecule has 1 aromatic rings. The minimum Gasteiger partial charge on any atom is -0.493 e. The molecule has 0 unspecified atom stereocenters. The second-order valence-electron chi connectivity index (χ2n) is 3.68. The lowest BCUT2D eigenvalue weighted by molar-refractivity contribution is -0.141. The van der Waals surface area contributed by atoms with Crippen LogP contribution < -0.4 is 14.8 Å². The Morgan fingerprint density at radius 2 is 1.95 bits per heavy atom. The summed E-state index contributed by atoms with van der Waals surface area (Å²) in [7, 11) is 2.98. The molecule has 0 heterocycles. The van der Waals surface area contributed by atoms with E-state index in [2.05, 4.69) is 21.2 Å². The molecule has 0 spiro atoms. The topological polar surface area (TPSA) is 73.9 Å². The van der Waals surface area contributed by atoms with Crippen LogP contribution in [-0.2, 0) is 9.53 Å². The maximum Gasteiger partial charge on any atom is 0.325 e. The quantitative estimate of drug-likeness (QED) is 0.795. The third kappa shape index (κ3) is 4.12. The molecule has 0 aliphatic heterocycles. The Morgan fingerprint density at radius 1 is 1.25 bits per heavy atom. The highest BCUT2D eigenvalue weighted by atomic mass is 79.9. The van der Waals surface area contributed by atoms with Crippen molar-refractivity contribution in [1.29, 1.82) is 0 Å². The Hall–Kier alpha value is -1.76. The third-order valence-electron chi connectivity index (χ3n) is 2.39. The van der Waals surface area contributed by atoms with Crippen molar-refractivity contribution in [3.63, 3.8) is 0 Å². The van der Waals surface area contributed by atoms with Crippen molar-refractivity contribution in [3.05, 3.63) is 22.2 Å². The van der Waals surface area contributed by atoms with Gasteiger partial charge in [-0.05, 0) is 35.0 Å². The first-order chi connectivity index (χ1) is 9.53. The highest BCUT2D eigenvalue weighted by Gasteiger charge is 2.15. The first-order valence-electron chi connectivity index (χ1n) is 5.88. The molecule has 1 rings (SSSR count). The minimum absolute atomic E-state index is 0.182. The van der Waals surface area contributed by atoms with E-state index in [-0.39, 0.29) is 13.2 Å². The van der Waals surface area contributed by atoms with Gasteiger partial charge in [0, 0.05) is 5.56 Å². The van der Waals surface area contributed by atoms with Gasteiger partial charge in [-0.3, -0.25) is 9.59 Å². The first-order valence-corrected chi connectivity index (χ1v) is 6.68. The van der Waals surface area contributed by atoms with Crippen molar-refractivity contribution < 1.29 is 23.8 Å². The smallest absolute Gasteiger partial charge is 0.325 e. The fourth-order valence-corrected chi connectivity index (χ4v) is 2.12. The summed E-state index contributed by atoms with van der Waals surface area (Å²) in [6.45, 7) is 1.79. The number of methoxy groups -OCH3 is 2. The molecular weight excluding hydrogens is 330 g/mol. The molecule has 1 aromatic carbocycles. The molecule has 0 bridgehead atoms. The SMILES string of the molecule is CCOC(=O)CNC(=O)c1cc(Br)c(OC)c(OC)c1. The minimum atomic E-state index is -0.486. The second-order valence-corrected chi connectivity index (χ2v) is 4.54. The molecule has 0 radical (unpaired) electrons. The highest BCUT2D eigenvalue weighted by Crippen LogP contribution is 2.36. The van der Waals surface area contributed by atoms with Crippen LogP contribution in [0.2, 0.25) is 0 Å². The summed E-state index contributed by atoms with van der Waals surface area (Å²) >= 11 is 3.30. The van der Waals surface area contributed by atoms with Gasteiger partial charge >= 0.3 is 5.97 Å². The number of hydrogen-bond acceptors (Lipinski definition) is 5. The first kappa shape index (κ1) is 16.3. The fourth-order valence-electron chi connectivity index (χ4n) is 1.52. The van der Waals surface area contributed by atoms with Crippen molar-refractivity contribution in [3.8, 4) is 11.5 Å². The fraction of sp³-hybridized carbons (Fsp3) is 0.385. The number of benzene rings is 1. The summed E-state index contributed by atoms with van der Waals surface area (Å²) in [4.78, 5) is 23.1. The van der Waals surface area contributed by atoms with Crippen LogP contribution in [0.1, 0.15) is 17.3 Å². The summed E-state index contributed by atoms with van der Waals surface area (Å²) in [6.07, 6.45) is 0. The largest absolute Gasteiger partial charge is 0.493 e. The average molecular weight is 346 g/mol. The Labute approximate surface area is 125 Å². The third-order valence-corrected chi connectivity index (χ3v) is 2.98. The van der Waals surface area contributed by atoms with E-state index < -0.39 is 11.9 Å². The molecular formula is C13H16BrNO5. The number of carbonyl (C=O) groups is 2. The monoisotopic (exact) mass is 345 g/mol. The number of rotatable bonds is 6. The molecule has 0 aliphatic carbocycles. The molecule has 110 valence electrons. The van der Waals surface area contributed by atoms with Gasteiger partial charge in [0.2, 0.25) is 0 Å². The standard InChI is InChI=1S/C13H16BrNO5/c1-4-20-11(16)7-15-13(17)8-5-9(14)12(19-3)10(6-8)18-2/h5-6H,4,7H2,1-3H3,(H,15,17). The molecule has 0 saturated heterocycles. The lowest BCUT2D eigenvalue weighted by Crippen LogP contribution is -2.30. The number of esters is 1. The Kier molecular flexibility index (Phi) is 6.30. The lowest BCUT2D eigenvalue weighted by atomic mass is 10.2. The van der Waals surface area contributed by atoms with Gasteiger partial charge in [0.1, 0.15) is 6.54 Å². The molecule has 6 nitrogen and oxygen atoms in total. The van der Waals surface area contributed by atoms with Crippen LogP contribution in [0.15, 0.2) is 16.6 Å². The van der Waals surface area contributed by atoms with E-state index in [1.54, 1.807) is 13.0 Å². The van der Waals surface area contributed by atoms with Crippen molar-refractivity contribution >= 4 is 27.8 Å². The Morgan fingerprint density at radius 3 is 2.50 bits per heavy atom. The Bertz CT molecular complexity index is 504. The average Bonchev–Trinajstić information content (AvgIpc) is 2.44. The highest BCUT2D eigenvalue weighted by molar-refractivity contribution is 9.10. The van der Waals surface area contributed by atoms with Gasteiger partial charge in [-0.15, -0.1) is 0 Å². The van der Waals surface area contributed by atoms with E-state index >= 15 is 0 Å². The van der Waals surface area contributed by atoms with Gasteiger partial charge in [0.15, 0.2) is 11.5 Å². The summed E-state index contributed by atoms with van der Waals surface area (Å²) < 4.78 is 15.6. The zero-order valence-electron chi connectivity index (χ0n) is 11.5. The van der Waals surface area contributed by atoms with Crippen molar-refractivity contribution in [1.82, 2.24) is 5.32 Å². The number of halogens is 1. The predicted octanol–water partition coefficient (Wildman–Crippen LogP) is 1.76. The van der Waals surface area contributed by atoms with Crippen LogP contribution in [0.25, 0.3) is 0 Å². The van der Waals surface area contributed by atoms with E-state index in [1.165, 1.54) is 20.3 Å². The molecule has 0 aliphatic rings. The van der Waals surface area contributed by atoms with Crippen LogP contribution in [0, 0.1) is 0 Å². The van der Waals surface area contributed by atoms with Gasteiger partial charge in [-0.2, -0.15) is 0 Å². The zero-order chi connectivity index (χ0) is 15.1. The normalized spacial score (nSPS) is 9.80. The summed E-state index contributed by atoms with van der Waals surface area (Å²) in [6, 6.07) is 3.12. The number of amides is 1. The van der Waals surface area contributed by atoms with Gasteiger partial charge < -0.3 is 19.5 Å². The van der Waals surface area contributed by atoms with Crippen LogP contribution in [-0.4, -0.2) is 39.2 Å². The van der Waals surface area contributed by atoms with Gasteiger partial charge in [-0.25, -0.2) is 0 Å². The maximum atomic E-state index is 11.9. The summed E-state index contributed by atoms with van der Waals surface area (Å²) in [5.41, 5.74) is 0.346. The molecule has 0 saturated carbocycles. The van der Waals surface area contributed by atoms with Gasteiger partial charge in [0.05, 0.1) is 25.3 Å². The second kappa shape index (κ2) is 7.74. The lowest BCUT2D eigenvalue weighted by Gasteiger charge is -2.12. The number of nitrogens with one attached hydrogen (secondary N) is 1. The molecule has 20 heavy (non-hydrogen) atoms. The van der Waals surface area contributed by atoms with E-state index in [1.807, 2.05) is 0 Å². The van der Waals surface area contributed by atoms with E-state index in [9.17, 15) is 9.59 Å². The van der Waals surface area contributed by atoms with Gasteiger partial charge in [-0.1, -0.05) is 0 Å². The summed E-state index contributed by atoms with van der Waals surface area (Å²) in [5.74, 6) is 0.0256. The van der Waals surface area contributed by atoms with Gasteiger partial charge in [0.25, 0.3) is 5.91 Å². The molecule has 0 fully saturated rings. The van der Waals surface area contributed by atoms with Crippen LogP contribution >= 0.6 is 15.9 Å². The zero-order valence-corrected chi connectivity index (χ0v) is 13.1. The maximum absolute atomic E-state index is 11.9. The number of ether oxygens (including phenoxy) is 3. The van der Waals surface area contributed by atoms with Crippen LogP contribution in [0.5, 0.6) is 11.5 Å². The van der Waals surface area contributed by atoms with E-state index in [0.717, 1.165) is 0 Å². The van der Waals surface area contributed by atoms with Crippen molar-refractivity contribution in [2.24, 2.45) is 0 Å². The van der Waals surface area contributed by atoms with Crippen molar-refractivity contribution in [2.45, 2.75) is 6.92 Å². The van der Waals surface area contributed by atoms with Crippen molar-refractivity contribution in [2.75, 3.05) is 27.4 Å². The number of carbonyl (C=O) groups excluding carboxylic acids is 2. The molecule has 1 N–H and O–H groups in total. The molecule has 0 atom stereocenters. The molecule has 1 amide bonds. The number of hydrogen-bond donors (Lipinski definition) is 1.